The number of aromatic nitrogens is 1. The van der Waals surface area contributed by atoms with Gasteiger partial charge in [-0.15, -0.1) is 0 Å². The highest BCUT2D eigenvalue weighted by atomic mass is 16.4. The third kappa shape index (κ3) is 19.8. The summed E-state index contributed by atoms with van der Waals surface area (Å²) in [6, 6.07) is 1.41. The predicted octanol–water partition coefficient (Wildman–Crippen LogP) is 0.155. The minimum atomic E-state index is -1.10. The highest BCUT2D eigenvalue weighted by Gasteiger charge is 2.16. The van der Waals surface area contributed by atoms with Gasteiger partial charge in [0.2, 0.25) is 0 Å². The Morgan fingerprint density at radius 2 is 1.09 bits per heavy atom. The number of rotatable bonds is 10. The van der Waals surface area contributed by atoms with Crippen LogP contribution in [0.4, 0.5) is 0 Å². The number of aliphatic hydroxyl groups excluding tert-OH is 3. The van der Waals surface area contributed by atoms with Gasteiger partial charge in [0, 0.05) is 62.3 Å². The van der Waals surface area contributed by atoms with Crippen molar-refractivity contribution in [2.45, 2.75) is 19.3 Å². The van der Waals surface area contributed by atoms with E-state index in [2.05, 4.69) is 24.7 Å². The Balaban J connectivity index is -0.000000489. The lowest BCUT2D eigenvalue weighted by atomic mass is 10.00. The van der Waals surface area contributed by atoms with Gasteiger partial charge in [-0.3, -0.25) is 4.98 Å². The summed E-state index contributed by atoms with van der Waals surface area (Å²) in [5.74, 6) is -4.04. The van der Waals surface area contributed by atoms with E-state index in [0.717, 1.165) is 18.2 Å². The molecular formula is C21H29NO11. The summed E-state index contributed by atoms with van der Waals surface area (Å²) in [4.78, 5) is 43.1. The zero-order chi connectivity index (χ0) is 26.4. The molecule has 7 N–H and O–H groups in total. The number of nitrogens with zero attached hydrogens (tertiary/aromatic N) is 1. The maximum Gasteiger partial charge on any atom is 0.336 e. The molecule has 184 valence electrons. The predicted molar refractivity (Wildman–Crippen MR) is 117 cm³/mol. The maximum atomic E-state index is 11.2. The van der Waals surface area contributed by atoms with Crippen LogP contribution in [-0.4, -0.2) is 84.4 Å². The van der Waals surface area contributed by atoms with E-state index in [9.17, 15) is 19.2 Å². The van der Waals surface area contributed by atoms with E-state index < -0.39 is 23.9 Å². The first-order valence-corrected chi connectivity index (χ1v) is 9.09. The van der Waals surface area contributed by atoms with E-state index in [1.807, 2.05) is 0 Å². The lowest BCUT2D eigenvalue weighted by Crippen LogP contribution is -2.13. The molecule has 1 aromatic rings. The second-order valence-corrected chi connectivity index (χ2v) is 5.44. The molecule has 0 unspecified atom stereocenters. The Morgan fingerprint density at radius 1 is 0.727 bits per heavy atom. The number of aliphatic carboxylic acids is 3. The molecule has 1 heterocycles. The van der Waals surface area contributed by atoms with Gasteiger partial charge in [0.25, 0.3) is 0 Å². The first-order valence-electron chi connectivity index (χ1n) is 9.09. The van der Waals surface area contributed by atoms with Crippen LogP contribution < -0.4 is 0 Å². The number of carboxylic acids is 4. The van der Waals surface area contributed by atoms with Crippen LogP contribution in [0, 0.1) is 0 Å². The molecule has 0 radical (unpaired) electrons. The summed E-state index contributed by atoms with van der Waals surface area (Å²) < 4.78 is 0. The van der Waals surface area contributed by atoms with E-state index >= 15 is 0 Å². The minimum absolute atomic E-state index is 0.0750. The molecule has 12 nitrogen and oxygen atoms in total. The van der Waals surface area contributed by atoms with Crippen molar-refractivity contribution in [2.75, 3.05) is 19.8 Å². The van der Waals surface area contributed by atoms with Gasteiger partial charge in [-0.1, -0.05) is 19.7 Å². The monoisotopic (exact) mass is 471 g/mol. The first kappa shape index (κ1) is 33.8. The lowest BCUT2D eigenvalue weighted by Gasteiger charge is -2.12. The zero-order valence-electron chi connectivity index (χ0n) is 17.9. The van der Waals surface area contributed by atoms with E-state index in [1.165, 1.54) is 6.07 Å². The highest BCUT2D eigenvalue weighted by molar-refractivity contribution is 5.89. The lowest BCUT2D eigenvalue weighted by molar-refractivity contribution is -0.132. The van der Waals surface area contributed by atoms with Crippen LogP contribution in [0.1, 0.15) is 27.3 Å². The van der Waals surface area contributed by atoms with Gasteiger partial charge in [0.05, 0.1) is 5.56 Å². The molecule has 0 spiro atoms. The molecule has 0 fully saturated rings. The number of carbonyl (C=O) groups is 4. The van der Waals surface area contributed by atoms with Crippen LogP contribution >= 0.6 is 0 Å². The Bertz CT molecular complexity index is 761. The van der Waals surface area contributed by atoms with Crippen LogP contribution in [0.15, 0.2) is 44.0 Å². The first-order chi connectivity index (χ1) is 15.4. The molecule has 0 aliphatic heterocycles. The van der Waals surface area contributed by atoms with Crippen molar-refractivity contribution in [1.29, 1.82) is 0 Å². The van der Waals surface area contributed by atoms with Crippen molar-refractivity contribution in [2.24, 2.45) is 0 Å². The molecule has 0 aliphatic carbocycles. The molecular weight excluding hydrogens is 442 g/mol. The van der Waals surface area contributed by atoms with Crippen molar-refractivity contribution in [1.82, 2.24) is 4.98 Å². The van der Waals surface area contributed by atoms with E-state index in [0.29, 0.717) is 17.0 Å². The number of aliphatic hydroxyl groups is 3. The minimum Gasteiger partial charge on any atom is -0.478 e. The number of carboxylic acid groups (broad SMARTS) is 4. The Labute approximate surface area is 190 Å². The summed E-state index contributed by atoms with van der Waals surface area (Å²) in [5, 5.41) is 58.8. The summed E-state index contributed by atoms with van der Waals surface area (Å²) in [7, 11) is 0. The van der Waals surface area contributed by atoms with Crippen LogP contribution in [0.5, 0.6) is 0 Å². The van der Waals surface area contributed by atoms with Crippen molar-refractivity contribution in [3.8, 4) is 0 Å². The average Bonchev–Trinajstić information content (AvgIpc) is 2.76. The fraction of sp³-hybridized carbons (Fsp3) is 0.286. The third-order valence-corrected chi connectivity index (χ3v) is 3.10. The fourth-order valence-corrected chi connectivity index (χ4v) is 1.82. The number of aromatic carboxylic acids is 1. The molecule has 1 rings (SSSR count). The van der Waals surface area contributed by atoms with Crippen LogP contribution in [0.3, 0.4) is 0 Å². The number of hydrogen-bond donors (Lipinski definition) is 7. The van der Waals surface area contributed by atoms with Crippen molar-refractivity contribution in [3.05, 3.63) is 66.5 Å². The quantitative estimate of drug-likeness (QED) is 0.227. The highest BCUT2D eigenvalue weighted by Crippen LogP contribution is 2.17. The second-order valence-electron chi connectivity index (χ2n) is 5.44. The molecule has 0 atom stereocenters. The summed E-state index contributed by atoms with van der Waals surface area (Å²) in [6.45, 7) is 8.43. The molecule has 1 aromatic heterocycles. The molecule has 12 heteroatoms. The molecule has 0 bridgehead atoms. The summed E-state index contributed by atoms with van der Waals surface area (Å²) in [5.41, 5.74) is 1.46. The molecule has 0 saturated heterocycles. The van der Waals surface area contributed by atoms with Gasteiger partial charge >= 0.3 is 23.9 Å². The van der Waals surface area contributed by atoms with Crippen LogP contribution in [-0.2, 0) is 33.6 Å². The van der Waals surface area contributed by atoms with Gasteiger partial charge in [-0.2, -0.15) is 0 Å². The summed E-state index contributed by atoms with van der Waals surface area (Å²) >= 11 is 0. The Morgan fingerprint density at radius 3 is 1.36 bits per heavy atom. The number of pyridine rings is 1. The fourth-order valence-electron chi connectivity index (χ4n) is 1.82. The normalized spacial score (nSPS) is 8.70. The van der Waals surface area contributed by atoms with E-state index in [1.54, 1.807) is 0 Å². The van der Waals surface area contributed by atoms with Gasteiger partial charge in [-0.05, 0) is 18.1 Å². The zero-order valence-corrected chi connectivity index (χ0v) is 17.9. The molecule has 0 aromatic carbocycles. The van der Waals surface area contributed by atoms with Crippen molar-refractivity contribution >= 4 is 23.9 Å². The SMILES string of the molecule is C=CC(=O)O.C=CC(=O)O.C=CC(=O)O.O=C(O)c1cc(CCO)nc(CCO)c1CCO. The summed E-state index contributed by atoms with van der Waals surface area (Å²) in [6.07, 6.45) is 3.18. The van der Waals surface area contributed by atoms with Gasteiger partial charge in [-0.25, -0.2) is 19.2 Å². The van der Waals surface area contributed by atoms with E-state index in [4.69, 9.17) is 35.7 Å². The number of hydrogen-bond acceptors (Lipinski definition) is 8. The standard InChI is InChI=1S/C12H17NO5.3C3H4O2/c14-4-1-8-7-10(12(17)18)9(2-5-15)11(13-8)3-6-16;3*1-2-3(4)5/h7,14-16H,1-6H2,(H,17,18);3*2H,1H2,(H,4,5). The Hall–Kier alpha value is -3.87. The van der Waals surface area contributed by atoms with Crippen LogP contribution in [0.2, 0.25) is 0 Å². The third-order valence-electron chi connectivity index (χ3n) is 3.10. The van der Waals surface area contributed by atoms with Crippen molar-refractivity contribution in [3.63, 3.8) is 0 Å². The second kappa shape index (κ2) is 21.4. The largest absolute Gasteiger partial charge is 0.478 e. The molecule has 33 heavy (non-hydrogen) atoms. The Kier molecular flexibility index (Phi) is 21.9. The molecule has 0 aliphatic rings. The van der Waals surface area contributed by atoms with E-state index in [-0.39, 0.29) is 44.6 Å². The molecule has 0 amide bonds. The maximum absolute atomic E-state index is 11.2. The average molecular weight is 471 g/mol. The van der Waals surface area contributed by atoms with Crippen LogP contribution in [0.25, 0.3) is 0 Å². The van der Waals surface area contributed by atoms with Gasteiger partial charge in [0.1, 0.15) is 0 Å². The smallest absolute Gasteiger partial charge is 0.336 e. The van der Waals surface area contributed by atoms with Crippen molar-refractivity contribution < 1.29 is 54.9 Å². The molecule has 0 saturated carbocycles. The van der Waals surface area contributed by atoms with Gasteiger partial charge < -0.3 is 35.7 Å². The van der Waals surface area contributed by atoms with Gasteiger partial charge in [0.15, 0.2) is 0 Å². The topological polar surface area (TPSA) is 223 Å².